The standard InChI is InChI=1S/C20H21N3O3S/c1-15-8-6-7-11-18(15)23-19(21-20(24)12-13-27(2,25)26)14-17(22-23)16-9-4-3-5-10-16/h3-11,14H,12-13H2,1-2H3,(H,21,24). The highest BCUT2D eigenvalue weighted by Crippen LogP contribution is 2.26. The van der Waals surface area contributed by atoms with Gasteiger partial charge in [0, 0.05) is 24.3 Å². The van der Waals surface area contributed by atoms with Gasteiger partial charge in [0.15, 0.2) is 0 Å². The second-order valence-corrected chi connectivity index (χ2v) is 8.67. The fraction of sp³-hybridized carbons (Fsp3) is 0.200. The summed E-state index contributed by atoms with van der Waals surface area (Å²) in [7, 11) is -3.20. The van der Waals surface area contributed by atoms with Gasteiger partial charge in [0.2, 0.25) is 5.91 Å². The van der Waals surface area contributed by atoms with Crippen molar-refractivity contribution in [3.63, 3.8) is 0 Å². The summed E-state index contributed by atoms with van der Waals surface area (Å²) in [6.07, 6.45) is 1.02. The minimum Gasteiger partial charge on any atom is -0.311 e. The molecule has 0 spiro atoms. The largest absolute Gasteiger partial charge is 0.311 e. The van der Waals surface area contributed by atoms with E-state index in [1.165, 1.54) is 0 Å². The van der Waals surface area contributed by atoms with Crippen LogP contribution in [0.25, 0.3) is 16.9 Å². The van der Waals surface area contributed by atoms with Gasteiger partial charge in [0.05, 0.1) is 17.1 Å². The molecule has 3 rings (SSSR count). The van der Waals surface area contributed by atoms with Crippen molar-refractivity contribution in [3.05, 3.63) is 66.2 Å². The first kappa shape index (κ1) is 18.8. The van der Waals surface area contributed by atoms with Crippen molar-refractivity contribution in [3.8, 4) is 16.9 Å². The number of carbonyl (C=O) groups excluding carboxylic acids is 1. The molecule has 0 aliphatic rings. The van der Waals surface area contributed by atoms with Gasteiger partial charge >= 0.3 is 0 Å². The highest BCUT2D eigenvalue weighted by atomic mass is 32.2. The van der Waals surface area contributed by atoms with E-state index < -0.39 is 9.84 Å². The molecule has 0 unspecified atom stereocenters. The zero-order valence-corrected chi connectivity index (χ0v) is 16.0. The Labute approximate surface area is 158 Å². The molecule has 0 bridgehead atoms. The highest BCUT2D eigenvalue weighted by molar-refractivity contribution is 7.90. The Kier molecular flexibility index (Phi) is 5.41. The molecule has 27 heavy (non-hydrogen) atoms. The average molecular weight is 383 g/mol. The minimum absolute atomic E-state index is 0.0988. The van der Waals surface area contributed by atoms with Crippen LogP contribution in [0.5, 0.6) is 0 Å². The third-order valence-electron chi connectivity index (χ3n) is 4.09. The molecule has 0 saturated carbocycles. The quantitative estimate of drug-likeness (QED) is 0.709. The zero-order chi connectivity index (χ0) is 19.4. The molecule has 7 heteroatoms. The van der Waals surface area contributed by atoms with Gasteiger partial charge in [-0.25, -0.2) is 13.1 Å². The smallest absolute Gasteiger partial charge is 0.226 e. The Hall–Kier alpha value is -2.93. The van der Waals surface area contributed by atoms with Gasteiger partial charge in [-0.3, -0.25) is 4.79 Å². The molecule has 3 aromatic rings. The van der Waals surface area contributed by atoms with Crippen molar-refractivity contribution in [2.45, 2.75) is 13.3 Å². The van der Waals surface area contributed by atoms with Crippen molar-refractivity contribution >= 4 is 21.6 Å². The van der Waals surface area contributed by atoms with Crippen LogP contribution in [0.4, 0.5) is 5.82 Å². The number of nitrogens with one attached hydrogen (secondary N) is 1. The number of aromatic nitrogens is 2. The van der Waals surface area contributed by atoms with Crippen LogP contribution >= 0.6 is 0 Å². The van der Waals surface area contributed by atoms with Gasteiger partial charge in [-0.2, -0.15) is 5.10 Å². The number of para-hydroxylation sites is 1. The Bertz CT molecular complexity index is 1060. The van der Waals surface area contributed by atoms with Gasteiger partial charge in [0.1, 0.15) is 15.7 Å². The molecule has 0 radical (unpaired) electrons. The van der Waals surface area contributed by atoms with Gasteiger partial charge < -0.3 is 5.32 Å². The summed E-state index contributed by atoms with van der Waals surface area (Å²) in [5.74, 6) is -0.0560. The van der Waals surface area contributed by atoms with Crippen LogP contribution in [0.15, 0.2) is 60.7 Å². The number of benzene rings is 2. The Morgan fingerprint density at radius 3 is 2.41 bits per heavy atom. The van der Waals surface area contributed by atoms with E-state index in [2.05, 4.69) is 10.4 Å². The topological polar surface area (TPSA) is 81.1 Å². The van der Waals surface area contributed by atoms with Crippen molar-refractivity contribution in [2.24, 2.45) is 0 Å². The molecular formula is C20H21N3O3S. The Balaban J connectivity index is 1.97. The lowest BCUT2D eigenvalue weighted by Crippen LogP contribution is -2.18. The van der Waals surface area contributed by atoms with Crippen LogP contribution in [0.1, 0.15) is 12.0 Å². The third-order valence-corrected chi connectivity index (χ3v) is 5.04. The molecule has 1 heterocycles. The summed E-state index contributed by atoms with van der Waals surface area (Å²) in [5, 5.41) is 7.45. The van der Waals surface area contributed by atoms with Crippen LogP contribution in [0.3, 0.4) is 0 Å². The predicted octanol–water partition coefficient (Wildman–Crippen LogP) is 3.22. The first-order chi connectivity index (χ1) is 12.8. The maximum absolute atomic E-state index is 12.3. The van der Waals surface area contributed by atoms with Crippen molar-refractivity contribution < 1.29 is 13.2 Å². The Morgan fingerprint density at radius 1 is 1.07 bits per heavy atom. The lowest BCUT2D eigenvalue weighted by molar-refractivity contribution is -0.115. The van der Waals surface area contributed by atoms with Gasteiger partial charge in [0.25, 0.3) is 0 Å². The zero-order valence-electron chi connectivity index (χ0n) is 15.2. The molecular weight excluding hydrogens is 362 g/mol. The van der Waals surface area contributed by atoms with Crippen LogP contribution in [-0.4, -0.2) is 36.1 Å². The van der Waals surface area contributed by atoms with Crippen molar-refractivity contribution in [2.75, 3.05) is 17.3 Å². The monoisotopic (exact) mass is 383 g/mol. The molecule has 0 atom stereocenters. The summed E-state index contributed by atoms with van der Waals surface area (Å²) < 4.78 is 24.3. The van der Waals surface area contributed by atoms with Crippen LogP contribution < -0.4 is 5.32 Å². The number of carbonyl (C=O) groups is 1. The fourth-order valence-corrected chi connectivity index (χ4v) is 3.24. The maximum Gasteiger partial charge on any atom is 0.226 e. The first-order valence-electron chi connectivity index (χ1n) is 8.52. The molecule has 0 aliphatic carbocycles. The summed E-state index contributed by atoms with van der Waals surface area (Å²) >= 11 is 0. The van der Waals surface area contributed by atoms with E-state index in [1.54, 1.807) is 10.7 Å². The Morgan fingerprint density at radius 2 is 1.74 bits per heavy atom. The van der Waals surface area contributed by atoms with Crippen LogP contribution in [0.2, 0.25) is 0 Å². The lowest BCUT2D eigenvalue weighted by Gasteiger charge is -2.11. The third kappa shape index (κ3) is 4.83. The summed E-state index contributed by atoms with van der Waals surface area (Å²) in [6.45, 7) is 1.97. The van der Waals surface area contributed by atoms with Gasteiger partial charge in [-0.1, -0.05) is 48.5 Å². The molecule has 0 saturated heterocycles. The van der Waals surface area contributed by atoms with E-state index >= 15 is 0 Å². The van der Waals surface area contributed by atoms with Gasteiger partial charge in [-0.15, -0.1) is 0 Å². The molecule has 0 aliphatic heterocycles. The van der Waals surface area contributed by atoms with E-state index in [4.69, 9.17) is 0 Å². The van der Waals surface area contributed by atoms with Crippen LogP contribution in [-0.2, 0) is 14.6 Å². The van der Waals surface area contributed by atoms with E-state index in [0.717, 1.165) is 28.8 Å². The van der Waals surface area contributed by atoms with Crippen LogP contribution in [0, 0.1) is 6.92 Å². The van der Waals surface area contributed by atoms with E-state index in [-0.39, 0.29) is 18.1 Å². The molecule has 2 aromatic carbocycles. The minimum atomic E-state index is -3.20. The van der Waals surface area contributed by atoms with E-state index in [0.29, 0.717) is 5.82 Å². The number of anilines is 1. The number of hydrogen-bond acceptors (Lipinski definition) is 4. The molecule has 1 N–H and O–H groups in total. The predicted molar refractivity (Wildman–Crippen MR) is 107 cm³/mol. The van der Waals surface area contributed by atoms with Crippen molar-refractivity contribution in [1.29, 1.82) is 0 Å². The maximum atomic E-state index is 12.3. The molecule has 140 valence electrons. The molecule has 0 fully saturated rings. The van der Waals surface area contributed by atoms with Gasteiger partial charge in [-0.05, 0) is 18.6 Å². The molecule has 6 nitrogen and oxygen atoms in total. The SMILES string of the molecule is Cc1ccccc1-n1nc(-c2ccccc2)cc1NC(=O)CCS(C)(=O)=O. The first-order valence-corrected chi connectivity index (χ1v) is 10.6. The number of rotatable bonds is 6. The number of nitrogens with zero attached hydrogens (tertiary/aromatic N) is 2. The van der Waals surface area contributed by atoms with E-state index in [9.17, 15) is 13.2 Å². The number of amides is 1. The van der Waals surface area contributed by atoms with Crippen molar-refractivity contribution in [1.82, 2.24) is 9.78 Å². The summed E-state index contributed by atoms with van der Waals surface area (Å²) in [5.41, 5.74) is 3.50. The molecule has 1 amide bonds. The molecule has 1 aromatic heterocycles. The number of hydrogen-bond donors (Lipinski definition) is 1. The fourth-order valence-electron chi connectivity index (χ4n) is 2.69. The number of sulfone groups is 1. The lowest BCUT2D eigenvalue weighted by atomic mass is 10.1. The normalized spacial score (nSPS) is 11.3. The summed E-state index contributed by atoms with van der Waals surface area (Å²) in [4.78, 5) is 12.3. The average Bonchev–Trinajstić information content (AvgIpc) is 3.04. The van der Waals surface area contributed by atoms with E-state index in [1.807, 2.05) is 61.5 Å². The second kappa shape index (κ2) is 7.75. The number of aryl methyl sites for hydroxylation is 1. The highest BCUT2D eigenvalue weighted by Gasteiger charge is 2.16. The second-order valence-electron chi connectivity index (χ2n) is 6.41. The summed E-state index contributed by atoms with van der Waals surface area (Å²) in [6, 6.07) is 19.2.